The Morgan fingerprint density at radius 2 is 1.90 bits per heavy atom. The van der Waals surface area contributed by atoms with Gasteiger partial charge >= 0.3 is 0 Å². The van der Waals surface area contributed by atoms with Crippen molar-refractivity contribution in [3.05, 3.63) is 35.4 Å². The molecule has 0 bridgehead atoms. The lowest BCUT2D eigenvalue weighted by Gasteiger charge is -1.98. The zero-order valence-electron chi connectivity index (χ0n) is 6.52. The molecule has 1 aromatic carbocycles. The fourth-order valence-corrected chi connectivity index (χ4v) is 1.32. The largest absolute Gasteiger partial charge is 0.342 e. The van der Waals surface area contributed by atoms with Gasteiger partial charge < -0.3 is 4.98 Å². The van der Waals surface area contributed by atoms with Gasteiger partial charge in [-0.05, 0) is 12.5 Å². The second-order valence-corrected chi connectivity index (χ2v) is 3.22. The van der Waals surface area contributed by atoms with E-state index in [2.05, 4.69) is 36.2 Å². The van der Waals surface area contributed by atoms with Crippen molar-refractivity contribution in [3.63, 3.8) is 0 Å². The summed E-state index contributed by atoms with van der Waals surface area (Å²) in [6, 6.07) is 8.63. The maximum absolute atomic E-state index is 3.24. The Morgan fingerprint density at radius 3 is 2.40 bits per heavy atom. The van der Waals surface area contributed by atoms with Crippen molar-refractivity contribution < 1.29 is 0 Å². The van der Waals surface area contributed by atoms with E-state index in [1.165, 1.54) is 11.1 Å². The minimum absolute atomic E-state index is 1.02. The lowest BCUT2D eigenvalue weighted by atomic mass is 10.2. The van der Waals surface area contributed by atoms with Crippen LogP contribution in [0.5, 0.6) is 0 Å². The molecule has 0 amide bonds. The number of hydrogen-bond acceptors (Lipinski definition) is 1. The second-order valence-electron chi connectivity index (χ2n) is 2.52. The summed E-state index contributed by atoms with van der Waals surface area (Å²) in [6.07, 6.45) is 0. The lowest BCUT2D eigenvalue weighted by molar-refractivity contribution is 0.961. The van der Waals surface area contributed by atoms with E-state index in [1.54, 1.807) is 0 Å². The third-order valence-corrected chi connectivity index (χ3v) is 1.86. The summed E-state index contributed by atoms with van der Waals surface area (Å²) in [5.74, 6) is 0. The lowest BCUT2D eigenvalue weighted by Crippen LogP contribution is -2.06. The van der Waals surface area contributed by atoms with Crippen molar-refractivity contribution >= 4 is 10.4 Å². The first-order chi connectivity index (χ1) is 4.83. The molecule has 0 aliphatic rings. The molecule has 0 aliphatic carbocycles. The highest BCUT2D eigenvalue weighted by Gasteiger charge is 1.87. The molecule has 0 saturated heterocycles. The Hall–Kier alpha value is -0.603. The van der Waals surface area contributed by atoms with Crippen molar-refractivity contribution in [2.75, 3.05) is 0 Å². The van der Waals surface area contributed by atoms with Crippen LogP contribution in [0.25, 0.3) is 0 Å². The van der Waals surface area contributed by atoms with Crippen LogP contribution in [0.15, 0.2) is 24.3 Å². The fraction of sp³-hybridized carbons (Fsp3) is 0.250. The van der Waals surface area contributed by atoms with E-state index >= 15 is 0 Å². The van der Waals surface area contributed by atoms with Gasteiger partial charge in [-0.1, -0.05) is 29.8 Å². The van der Waals surface area contributed by atoms with E-state index < -0.39 is 0 Å². The van der Waals surface area contributed by atoms with E-state index in [0.29, 0.717) is 0 Å². The van der Waals surface area contributed by atoms with Gasteiger partial charge in [0.25, 0.3) is 0 Å². The highest BCUT2D eigenvalue weighted by molar-refractivity contribution is 6.04. The molecular weight excluding hydrogens is 138 g/mol. The monoisotopic (exact) mass is 151 g/mol. The molecule has 1 nitrogen and oxygen atoms in total. The van der Waals surface area contributed by atoms with Crippen molar-refractivity contribution in [3.8, 4) is 0 Å². The summed E-state index contributed by atoms with van der Waals surface area (Å²) < 4.78 is 0. The normalized spacial score (nSPS) is 10.1. The first kappa shape index (κ1) is 7.50. The molecule has 0 saturated carbocycles. The van der Waals surface area contributed by atoms with Crippen LogP contribution in [-0.4, -0.2) is 10.4 Å². The predicted octanol–water partition coefficient (Wildman–Crippen LogP) is 0.365. The van der Waals surface area contributed by atoms with Gasteiger partial charge in [0.2, 0.25) is 0 Å². The number of nitrogens with one attached hydrogen (secondary N) is 1. The van der Waals surface area contributed by atoms with E-state index in [-0.39, 0.29) is 0 Å². The van der Waals surface area contributed by atoms with Gasteiger partial charge in [0.15, 0.2) is 0 Å². The summed E-state index contributed by atoms with van der Waals surface area (Å²) in [5.41, 5.74) is 2.71. The Labute approximate surface area is 65.0 Å². The van der Waals surface area contributed by atoms with E-state index in [1.807, 2.05) is 0 Å². The molecule has 0 aliphatic heterocycles. The third-order valence-electron chi connectivity index (χ3n) is 1.50. The van der Waals surface area contributed by atoms with Gasteiger partial charge in [-0.2, -0.15) is 0 Å². The number of benzene rings is 1. The molecule has 1 rings (SSSR count). The summed E-state index contributed by atoms with van der Waals surface area (Å²) in [5, 5.41) is 0. The molecule has 1 aromatic rings. The Balaban J connectivity index is 2.69. The summed E-state index contributed by atoms with van der Waals surface area (Å²) in [4.78, 5) is 3.24. The quantitative estimate of drug-likeness (QED) is 0.602. The maximum atomic E-state index is 3.24. The zero-order valence-corrected chi connectivity index (χ0v) is 8.52. The van der Waals surface area contributed by atoms with Gasteiger partial charge in [-0.25, -0.2) is 0 Å². The molecule has 2 heteroatoms. The first-order valence-corrected chi connectivity index (χ1v) is 4.53. The predicted molar refractivity (Wildman–Crippen MR) is 48.0 cm³/mol. The van der Waals surface area contributed by atoms with E-state index in [4.69, 9.17) is 0 Å². The van der Waals surface area contributed by atoms with Crippen LogP contribution in [0.2, 0.25) is 0 Å². The summed E-state index contributed by atoms with van der Waals surface area (Å²) in [7, 11) is 1.07. The topological polar surface area (TPSA) is 12.0 Å². The molecule has 0 spiro atoms. The molecule has 0 unspecified atom stereocenters. The Kier molecular flexibility index (Phi) is 2.65. The molecule has 0 heterocycles. The highest BCUT2D eigenvalue weighted by Crippen LogP contribution is 2.01. The van der Waals surface area contributed by atoms with Gasteiger partial charge in [-0.15, -0.1) is 0 Å². The average molecular weight is 151 g/mol. The molecule has 0 fully saturated rings. The molecule has 0 atom stereocenters. The SMILES string of the molecule is Cc1ccc(CN[SiH3])cc1. The molecule has 10 heavy (non-hydrogen) atoms. The first-order valence-electron chi connectivity index (χ1n) is 3.53. The number of rotatable bonds is 2. The minimum atomic E-state index is 1.02. The maximum Gasteiger partial charge on any atom is 0.0753 e. The summed E-state index contributed by atoms with van der Waals surface area (Å²) >= 11 is 0. The van der Waals surface area contributed by atoms with Crippen LogP contribution in [0.1, 0.15) is 11.1 Å². The van der Waals surface area contributed by atoms with Crippen molar-refractivity contribution in [2.45, 2.75) is 13.5 Å². The second kappa shape index (κ2) is 3.54. The molecule has 0 radical (unpaired) electrons. The zero-order chi connectivity index (χ0) is 7.40. The molecular formula is C8H13NSi. The van der Waals surface area contributed by atoms with Gasteiger partial charge in [-0.3, -0.25) is 0 Å². The number of aryl methyl sites for hydroxylation is 1. The van der Waals surface area contributed by atoms with Gasteiger partial charge in [0, 0.05) is 6.54 Å². The van der Waals surface area contributed by atoms with Crippen LogP contribution < -0.4 is 4.98 Å². The molecule has 0 aromatic heterocycles. The molecule has 1 N–H and O–H groups in total. The third kappa shape index (κ3) is 1.97. The Bertz CT molecular complexity index is 193. The van der Waals surface area contributed by atoms with Crippen molar-refractivity contribution in [1.29, 1.82) is 0 Å². The van der Waals surface area contributed by atoms with Crippen LogP contribution in [0.4, 0.5) is 0 Å². The minimum Gasteiger partial charge on any atom is -0.342 e. The molecule has 54 valence electrons. The summed E-state index contributed by atoms with van der Waals surface area (Å²) in [6.45, 7) is 3.13. The van der Waals surface area contributed by atoms with Crippen LogP contribution in [0.3, 0.4) is 0 Å². The smallest absolute Gasteiger partial charge is 0.0753 e. The van der Waals surface area contributed by atoms with Crippen LogP contribution >= 0.6 is 0 Å². The number of hydrogen-bond donors (Lipinski definition) is 1. The van der Waals surface area contributed by atoms with Crippen LogP contribution in [-0.2, 0) is 6.54 Å². The van der Waals surface area contributed by atoms with Crippen molar-refractivity contribution in [2.24, 2.45) is 0 Å². The van der Waals surface area contributed by atoms with Crippen molar-refractivity contribution in [1.82, 2.24) is 4.98 Å². The fourth-order valence-electron chi connectivity index (χ4n) is 0.910. The van der Waals surface area contributed by atoms with E-state index in [9.17, 15) is 0 Å². The van der Waals surface area contributed by atoms with Crippen LogP contribution in [0, 0.1) is 6.92 Å². The average Bonchev–Trinajstić information content (AvgIpc) is 1.95. The highest BCUT2D eigenvalue weighted by atomic mass is 28.2. The Morgan fingerprint density at radius 1 is 1.30 bits per heavy atom. The standard InChI is InChI=1S/C8H13NSi/c1-7-2-4-8(5-3-7)6-9-10/h2-5,9H,6H2,1,10H3. The van der Waals surface area contributed by atoms with Gasteiger partial charge in [0.05, 0.1) is 10.4 Å². The van der Waals surface area contributed by atoms with E-state index in [0.717, 1.165) is 16.9 Å². The van der Waals surface area contributed by atoms with Gasteiger partial charge in [0.1, 0.15) is 0 Å².